The first-order valence-electron chi connectivity index (χ1n) is 9.75. The number of aromatic amines is 1. The number of aromatic nitrogens is 2. The first kappa shape index (κ1) is 21.4. The molecule has 0 saturated heterocycles. The molecule has 8 nitrogen and oxygen atoms in total. The first-order chi connectivity index (χ1) is 15.3. The fourth-order valence-corrected chi connectivity index (χ4v) is 4.22. The van der Waals surface area contributed by atoms with E-state index in [9.17, 15) is 18.0 Å². The Morgan fingerprint density at radius 3 is 2.56 bits per heavy atom. The van der Waals surface area contributed by atoms with Crippen molar-refractivity contribution in [3.05, 3.63) is 100 Å². The number of nitrogens with zero attached hydrogens (tertiary/aromatic N) is 1. The highest BCUT2D eigenvalue weighted by molar-refractivity contribution is 7.89. The van der Waals surface area contributed by atoms with Gasteiger partial charge in [-0.15, -0.1) is 0 Å². The van der Waals surface area contributed by atoms with Crippen molar-refractivity contribution in [2.45, 2.75) is 18.4 Å². The Balaban J connectivity index is 1.47. The minimum atomic E-state index is -3.72. The van der Waals surface area contributed by atoms with Crippen molar-refractivity contribution in [2.24, 2.45) is 0 Å². The number of nitrogens with one attached hydrogen (secondary N) is 3. The number of rotatable bonds is 6. The fraction of sp³-hybridized carbons (Fsp3) is 0.0870. The summed E-state index contributed by atoms with van der Waals surface area (Å²) in [6.45, 7) is 1.91. The zero-order valence-electron chi connectivity index (χ0n) is 17.1. The average molecular weight is 449 g/mol. The molecule has 2 aromatic carbocycles. The summed E-state index contributed by atoms with van der Waals surface area (Å²) in [5.74, 6) is -0.405. The molecule has 0 saturated carbocycles. The molecule has 0 spiro atoms. The molecule has 0 atom stereocenters. The largest absolute Gasteiger partial charge is 0.358 e. The lowest BCUT2D eigenvalue weighted by Gasteiger charge is -2.09. The van der Waals surface area contributed by atoms with Crippen molar-refractivity contribution < 1.29 is 13.2 Å². The van der Waals surface area contributed by atoms with Crippen LogP contribution in [-0.2, 0) is 16.6 Å². The third-order valence-electron chi connectivity index (χ3n) is 4.84. The van der Waals surface area contributed by atoms with Gasteiger partial charge in [0.05, 0.1) is 4.90 Å². The Bertz CT molecular complexity index is 1450. The molecule has 0 radical (unpaired) electrons. The molecule has 3 N–H and O–H groups in total. The van der Waals surface area contributed by atoms with Gasteiger partial charge in [0.1, 0.15) is 0 Å². The highest BCUT2D eigenvalue weighted by Crippen LogP contribution is 2.17. The van der Waals surface area contributed by atoms with Gasteiger partial charge in [-0.25, -0.2) is 13.1 Å². The molecule has 2 aromatic heterocycles. The highest BCUT2D eigenvalue weighted by Gasteiger charge is 2.14. The zero-order chi connectivity index (χ0) is 22.7. The van der Waals surface area contributed by atoms with E-state index in [4.69, 9.17) is 0 Å². The van der Waals surface area contributed by atoms with E-state index in [0.29, 0.717) is 22.2 Å². The zero-order valence-corrected chi connectivity index (χ0v) is 17.9. The summed E-state index contributed by atoms with van der Waals surface area (Å²) in [6, 6.07) is 15.7. The lowest BCUT2D eigenvalue weighted by molar-refractivity contribution is 0.102. The number of carbonyl (C=O) groups is 1. The first-order valence-corrected chi connectivity index (χ1v) is 11.2. The summed E-state index contributed by atoms with van der Waals surface area (Å²) >= 11 is 0. The second-order valence-corrected chi connectivity index (χ2v) is 9.01. The lowest BCUT2D eigenvalue weighted by Crippen LogP contribution is -2.23. The molecular formula is C23H20N4O4S. The predicted octanol–water partition coefficient (Wildman–Crippen LogP) is 2.96. The lowest BCUT2D eigenvalue weighted by atomic mass is 10.1. The minimum absolute atomic E-state index is 0.0759. The summed E-state index contributed by atoms with van der Waals surface area (Å²) in [5.41, 5.74) is 2.72. The van der Waals surface area contributed by atoms with E-state index in [1.165, 1.54) is 36.4 Å². The number of aryl methyl sites for hydroxylation is 1. The van der Waals surface area contributed by atoms with Crippen molar-refractivity contribution in [1.29, 1.82) is 0 Å². The quantitative estimate of drug-likeness (QED) is 0.419. The third-order valence-corrected chi connectivity index (χ3v) is 6.26. The standard InChI is InChI=1S/C23H20N4O4S/c1-15-11-22(28)20-12-17(4-9-21(20)26-15)23(29)27-18-5-7-19(8-6-18)32(30,31)25-14-16-3-2-10-24-13-16/h2-13,25H,14H2,1H3,(H,26,28)(H,27,29). The van der Waals surface area contributed by atoms with Crippen LogP contribution in [0.3, 0.4) is 0 Å². The van der Waals surface area contributed by atoms with Gasteiger partial charge >= 0.3 is 0 Å². The molecule has 0 aliphatic heterocycles. The molecule has 2 heterocycles. The Labute approximate surface area is 184 Å². The van der Waals surface area contributed by atoms with E-state index in [2.05, 4.69) is 20.0 Å². The Kier molecular flexibility index (Phi) is 5.85. The van der Waals surface area contributed by atoms with Crippen LogP contribution in [0.25, 0.3) is 10.9 Å². The van der Waals surface area contributed by atoms with Crippen LogP contribution in [0.15, 0.2) is 82.7 Å². The summed E-state index contributed by atoms with van der Waals surface area (Å²) < 4.78 is 27.5. The number of fused-ring (bicyclic) bond motifs is 1. The van der Waals surface area contributed by atoms with Gasteiger partial charge in [-0.05, 0) is 61.0 Å². The molecule has 0 bridgehead atoms. The Morgan fingerprint density at radius 1 is 1.06 bits per heavy atom. The van der Waals surface area contributed by atoms with E-state index in [1.54, 1.807) is 43.6 Å². The highest BCUT2D eigenvalue weighted by atomic mass is 32.2. The second-order valence-electron chi connectivity index (χ2n) is 7.24. The number of sulfonamides is 1. The molecular weight excluding hydrogens is 428 g/mol. The monoisotopic (exact) mass is 448 g/mol. The van der Waals surface area contributed by atoms with Crippen LogP contribution in [0.2, 0.25) is 0 Å². The number of benzene rings is 2. The number of pyridine rings is 2. The number of hydrogen-bond acceptors (Lipinski definition) is 5. The summed E-state index contributed by atoms with van der Waals surface area (Å²) in [6.07, 6.45) is 3.20. The molecule has 32 heavy (non-hydrogen) atoms. The molecule has 0 aliphatic rings. The van der Waals surface area contributed by atoms with Crippen LogP contribution in [0.5, 0.6) is 0 Å². The molecule has 0 aliphatic carbocycles. The molecule has 0 unspecified atom stereocenters. The SMILES string of the molecule is Cc1cc(=O)c2cc(C(=O)Nc3ccc(S(=O)(=O)NCc4cccnc4)cc3)ccc2[nH]1. The minimum Gasteiger partial charge on any atom is -0.358 e. The van der Waals surface area contributed by atoms with Crippen molar-refractivity contribution in [2.75, 3.05) is 5.32 Å². The van der Waals surface area contributed by atoms with Crippen LogP contribution in [0, 0.1) is 6.92 Å². The van der Waals surface area contributed by atoms with Gasteiger partial charge in [0.2, 0.25) is 10.0 Å². The van der Waals surface area contributed by atoms with Crippen molar-refractivity contribution in [1.82, 2.24) is 14.7 Å². The second kappa shape index (κ2) is 8.74. The number of carbonyl (C=O) groups excluding carboxylic acids is 1. The normalized spacial score (nSPS) is 11.4. The van der Waals surface area contributed by atoms with Gasteiger partial charge in [0, 0.05) is 52.9 Å². The predicted molar refractivity (Wildman–Crippen MR) is 122 cm³/mol. The van der Waals surface area contributed by atoms with Gasteiger partial charge in [-0.2, -0.15) is 0 Å². The number of hydrogen-bond donors (Lipinski definition) is 3. The van der Waals surface area contributed by atoms with Crippen LogP contribution >= 0.6 is 0 Å². The van der Waals surface area contributed by atoms with Crippen molar-refractivity contribution >= 4 is 32.5 Å². The van der Waals surface area contributed by atoms with E-state index in [1.807, 2.05) is 0 Å². The molecule has 162 valence electrons. The van der Waals surface area contributed by atoms with Crippen LogP contribution in [0.4, 0.5) is 5.69 Å². The molecule has 0 fully saturated rings. The van der Waals surface area contributed by atoms with Gasteiger partial charge in [-0.1, -0.05) is 6.07 Å². The number of amides is 1. The Hall–Kier alpha value is -3.82. The number of H-pyrrole nitrogens is 1. The maximum atomic E-state index is 12.6. The van der Waals surface area contributed by atoms with Crippen LogP contribution < -0.4 is 15.5 Å². The molecule has 4 rings (SSSR count). The fourth-order valence-electron chi connectivity index (χ4n) is 3.21. The maximum Gasteiger partial charge on any atom is 0.255 e. The smallest absolute Gasteiger partial charge is 0.255 e. The van der Waals surface area contributed by atoms with E-state index >= 15 is 0 Å². The maximum absolute atomic E-state index is 12.6. The topological polar surface area (TPSA) is 121 Å². The number of anilines is 1. The van der Waals surface area contributed by atoms with Crippen molar-refractivity contribution in [3.8, 4) is 0 Å². The molecule has 4 aromatic rings. The molecule has 9 heteroatoms. The van der Waals surface area contributed by atoms with Gasteiger partial charge in [-0.3, -0.25) is 14.6 Å². The summed E-state index contributed by atoms with van der Waals surface area (Å²) in [7, 11) is -3.72. The molecule has 1 amide bonds. The van der Waals surface area contributed by atoms with E-state index < -0.39 is 15.9 Å². The Morgan fingerprint density at radius 2 is 1.84 bits per heavy atom. The van der Waals surface area contributed by atoms with Crippen molar-refractivity contribution in [3.63, 3.8) is 0 Å². The average Bonchev–Trinajstić information content (AvgIpc) is 2.78. The van der Waals surface area contributed by atoms with Crippen LogP contribution in [-0.4, -0.2) is 24.3 Å². The van der Waals surface area contributed by atoms with Gasteiger partial charge < -0.3 is 10.3 Å². The van der Waals surface area contributed by atoms with Gasteiger partial charge in [0.15, 0.2) is 5.43 Å². The van der Waals surface area contributed by atoms with Crippen LogP contribution in [0.1, 0.15) is 21.6 Å². The summed E-state index contributed by atoms with van der Waals surface area (Å²) in [5, 5.41) is 3.14. The van der Waals surface area contributed by atoms with Gasteiger partial charge in [0.25, 0.3) is 5.91 Å². The van der Waals surface area contributed by atoms with E-state index in [0.717, 1.165) is 11.3 Å². The third kappa shape index (κ3) is 4.74. The summed E-state index contributed by atoms with van der Waals surface area (Å²) in [4.78, 5) is 31.9. The van der Waals surface area contributed by atoms with E-state index in [-0.39, 0.29) is 16.9 Å².